The molecule has 0 aliphatic heterocycles. The molecule has 0 spiro atoms. The molecule has 0 amide bonds. The molecule has 0 bridgehead atoms. The van der Waals surface area contributed by atoms with Crippen LogP contribution in [-0.4, -0.2) is 17.1 Å². The molecule has 70 valence electrons. The number of hydrogen-bond acceptors (Lipinski definition) is 4. The van der Waals surface area contributed by atoms with Gasteiger partial charge in [-0.3, -0.25) is 0 Å². The van der Waals surface area contributed by atoms with Crippen LogP contribution in [-0.2, 0) is 6.54 Å². The Labute approximate surface area is 83.4 Å². The number of halogens is 2. The monoisotopic (exact) mass is 211 g/mol. The summed E-state index contributed by atoms with van der Waals surface area (Å²) in [5.41, 5.74) is 5.29. The highest BCUT2D eigenvalue weighted by molar-refractivity contribution is 5.85. The second-order valence-corrected chi connectivity index (χ2v) is 1.72. The molecule has 12 heavy (non-hydrogen) atoms. The van der Waals surface area contributed by atoms with Crippen LogP contribution in [0, 0.1) is 0 Å². The van der Waals surface area contributed by atoms with Crippen LogP contribution >= 0.6 is 24.8 Å². The van der Waals surface area contributed by atoms with Crippen molar-refractivity contribution in [1.82, 2.24) is 9.97 Å². The summed E-state index contributed by atoms with van der Waals surface area (Å²) < 4.78 is 4.85. The highest BCUT2D eigenvalue weighted by Gasteiger charge is 1.93. The molecule has 4 nitrogen and oxygen atoms in total. The predicted octanol–water partition coefficient (Wildman–Crippen LogP) is 0.787. The van der Waals surface area contributed by atoms with E-state index in [1.165, 1.54) is 0 Å². The van der Waals surface area contributed by atoms with Crippen LogP contribution in [0.3, 0.4) is 0 Å². The number of rotatable bonds is 2. The summed E-state index contributed by atoms with van der Waals surface area (Å²) in [6, 6.07) is 1.68. The number of methoxy groups -OCH3 is 1. The van der Waals surface area contributed by atoms with Crippen LogP contribution in [0.15, 0.2) is 12.3 Å². The first kappa shape index (κ1) is 14.0. The van der Waals surface area contributed by atoms with Gasteiger partial charge in [0, 0.05) is 12.3 Å². The van der Waals surface area contributed by atoms with E-state index in [1.807, 2.05) is 0 Å². The minimum Gasteiger partial charge on any atom is -0.481 e. The van der Waals surface area contributed by atoms with Gasteiger partial charge >= 0.3 is 0 Å². The van der Waals surface area contributed by atoms with E-state index in [4.69, 9.17) is 10.5 Å². The largest absolute Gasteiger partial charge is 0.481 e. The number of hydrogen-bond donors (Lipinski definition) is 1. The lowest BCUT2D eigenvalue weighted by atomic mass is 10.5. The summed E-state index contributed by atoms with van der Waals surface area (Å²) >= 11 is 0. The molecule has 0 atom stereocenters. The van der Waals surface area contributed by atoms with Crippen molar-refractivity contribution in [2.75, 3.05) is 7.11 Å². The fraction of sp³-hybridized carbons (Fsp3) is 0.333. The first-order valence-corrected chi connectivity index (χ1v) is 2.93. The smallest absolute Gasteiger partial charge is 0.216 e. The van der Waals surface area contributed by atoms with Gasteiger partial charge in [0.05, 0.1) is 13.7 Å². The first-order chi connectivity index (χ1) is 4.86. The van der Waals surface area contributed by atoms with Gasteiger partial charge in [-0.1, -0.05) is 0 Å². The average molecular weight is 212 g/mol. The van der Waals surface area contributed by atoms with E-state index in [2.05, 4.69) is 9.97 Å². The third-order valence-electron chi connectivity index (χ3n) is 1.07. The van der Waals surface area contributed by atoms with Crippen LogP contribution in [0.25, 0.3) is 0 Å². The Kier molecular flexibility index (Phi) is 8.26. The van der Waals surface area contributed by atoms with E-state index >= 15 is 0 Å². The van der Waals surface area contributed by atoms with E-state index in [0.29, 0.717) is 18.2 Å². The van der Waals surface area contributed by atoms with Gasteiger partial charge < -0.3 is 10.5 Å². The van der Waals surface area contributed by atoms with E-state index in [-0.39, 0.29) is 24.8 Å². The number of nitrogens with two attached hydrogens (primary N) is 1. The molecule has 1 rings (SSSR count). The molecule has 0 fully saturated rings. The molecule has 2 N–H and O–H groups in total. The van der Waals surface area contributed by atoms with Gasteiger partial charge in [-0.15, -0.1) is 24.8 Å². The molecule has 0 saturated carbocycles. The Hall–Kier alpha value is -0.580. The van der Waals surface area contributed by atoms with Crippen LogP contribution in [0.4, 0.5) is 0 Å². The molecule has 1 aromatic heterocycles. The molecule has 0 aliphatic rings. The average Bonchev–Trinajstić information content (AvgIpc) is 2.05. The molecule has 0 saturated heterocycles. The van der Waals surface area contributed by atoms with Gasteiger partial charge in [0.25, 0.3) is 0 Å². The van der Waals surface area contributed by atoms with Crippen molar-refractivity contribution in [2.24, 2.45) is 5.73 Å². The second kappa shape index (κ2) is 7.09. The van der Waals surface area contributed by atoms with Crippen molar-refractivity contribution in [3.8, 4) is 5.88 Å². The number of nitrogens with zero attached hydrogens (tertiary/aromatic N) is 2. The lowest BCUT2D eigenvalue weighted by molar-refractivity contribution is 0.394. The molecule has 0 aromatic carbocycles. The summed E-state index contributed by atoms with van der Waals surface area (Å²) in [7, 11) is 1.56. The Balaban J connectivity index is 0. The predicted molar refractivity (Wildman–Crippen MR) is 51.0 cm³/mol. The van der Waals surface area contributed by atoms with E-state index in [9.17, 15) is 0 Å². The summed E-state index contributed by atoms with van der Waals surface area (Å²) in [5.74, 6) is 1.15. The second-order valence-electron chi connectivity index (χ2n) is 1.72. The maximum Gasteiger partial charge on any atom is 0.216 e. The molecule has 0 radical (unpaired) electrons. The van der Waals surface area contributed by atoms with E-state index < -0.39 is 0 Å². The van der Waals surface area contributed by atoms with E-state index in [0.717, 1.165) is 0 Å². The van der Waals surface area contributed by atoms with Crippen molar-refractivity contribution in [3.05, 3.63) is 18.1 Å². The zero-order valence-electron chi connectivity index (χ0n) is 6.56. The molecule has 6 heteroatoms. The van der Waals surface area contributed by atoms with Gasteiger partial charge in [-0.05, 0) is 0 Å². The molecular weight excluding hydrogens is 201 g/mol. The molecule has 0 aliphatic carbocycles. The number of aromatic nitrogens is 2. The quantitative estimate of drug-likeness (QED) is 0.787. The maximum absolute atomic E-state index is 5.29. The van der Waals surface area contributed by atoms with Crippen molar-refractivity contribution in [3.63, 3.8) is 0 Å². The first-order valence-electron chi connectivity index (χ1n) is 2.93. The summed E-state index contributed by atoms with van der Waals surface area (Å²) in [5, 5.41) is 0. The van der Waals surface area contributed by atoms with Crippen molar-refractivity contribution >= 4 is 24.8 Å². The van der Waals surface area contributed by atoms with Gasteiger partial charge in [0.15, 0.2) is 0 Å². The van der Waals surface area contributed by atoms with Gasteiger partial charge in [0.2, 0.25) is 5.88 Å². The molecule has 1 heterocycles. The Morgan fingerprint density at radius 2 is 2.17 bits per heavy atom. The fourth-order valence-corrected chi connectivity index (χ4v) is 0.592. The van der Waals surface area contributed by atoms with Crippen molar-refractivity contribution < 1.29 is 4.74 Å². The van der Waals surface area contributed by atoms with Crippen molar-refractivity contribution in [1.29, 1.82) is 0 Å². The van der Waals surface area contributed by atoms with Crippen molar-refractivity contribution in [2.45, 2.75) is 6.54 Å². The summed E-state index contributed by atoms with van der Waals surface area (Å²) in [4.78, 5) is 7.84. The van der Waals surface area contributed by atoms with Gasteiger partial charge in [-0.2, -0.15) is 4.98 Å². The zero-order chi connectivity index (χ0) is 7.40. The third-order valence-corrected chi connectivity index (χ3v) is 1.07. The highest BCUT2D eigenvalue weighted by Crippen LogP contribution is 2.02. The minimum atomic E-state index is 0. The standard InChI is InChI=1S/C6H9N3O.2ClH/c1-10-6-2-3-8-5(4-7)9-6;;/h2-3H,4,7H2,1H3;2*1H. The normalized spacial score (nSPS) is 7.83. The highest BCUT2D eigenvalue weighted by atomic mass is 35.5. The third kappa shape index (κ3) is 3.71. The zero-order valence-corrected chi connectivity index (χ0v) is 8.19. The lowest BCUT2D eigenvalue weighted by Crippen LogP contribution is -2.03. The van der Waals surface area contributed by atoms with Crippen LogP contribution in [0.1, 0.15) is 5.82 Å². The minimum absolute atomic E-state index is 0. The Bertz CT molecular complexity index is 202. The summed E-state index contributed by atoms with van der Waals surface area (Å²) in [6.07, 6.45) is 1.62. The SMILES string of the molecule is COc1ccnc(CN)n1.Cl.Cl. The Morgan fingerprint density at radius 1 is 1.50 bits per heavy atom. The summed E-state index contributed by atoms with van der Waals surface area (Å²) in [6.45, 7) is 0.344. The van der Waals surface area contributed by atoms with Crippen LogP contribution in [0.2, 0.25) is 0 Å². The van der Waals surface area contributed by atoms with E-state index in [1.54, 1.807) is 19.4 Å². The van der Waals surface area contributed by atoms with Gasteiger partial charge in [0.1, 0.15) is 5.82 Å². The van der Waals surface area contributed by atoms with Crippen LogP contribution in [0.5, 0.6) is 5.88 Å². The Morgan fingerprint density at radius 3 is 2.67 bits per heavy atom. The molecule has 0 unspecified atom stereocenters. The maximum atomic E-state index is 5.29. The number of ether oxygens (including phenoxy) is 1. The topological polar surface area (TPSA) is 61.0 Å². The lowest BCUT2D eigenvalue weighted by Gasteiger charge is -1.98. The van der Waals surface area contributed by atoms with Gasteiger partial charge in [-0.25, -0.2) is 4.98 Å². The molecule has 1 aromatic rings. The fourth-order valence-electron chi connectivity index (χ4n) is 0.592. The molecular formula is C6H11Cl2N3O. The van der Waals surface area contributed by atoms with Crippen LogP contribution < -0.4 is 10.5 Å².